The van der Waals surface area contributed by atoms with E-state index in [9.17, 15) is 4.79 Å². The van der Waals surface area contributed by atoms with Crippen LogP contribution >= 0.6 is 0 Å². The summed E-state index contributed by atoms with van der Waals surface area (Å²) < 4.78 is 5.71. The van der Waals surface area contributed by atoms with Crippen LogP contribution in [-0.4, -0.2) is 32.8 Å². The smallest absolute Gasteiger partial charge is 0.317 e. The Morgan fingerprint density at radius 3 is 2.37 bits per heavy atom. The summed E-state index contributed by atoms with van der Waals surface area (Å²) in [7, 11) is 0. The highest BCUT2D eigenvalue weighted by Crippen LogP contribution is 2.23. The van der Waals surface area contributed by atoms with Crippen LogP contribution in [0.15, 0.2) is 88.4 Å². The summed E-state index contributed by atoms with van der Waals surface area (Å²) in [4.78, 5) is 22.2. The van der Waals surface area contributed by atoms with Gasteiger partial charge >= 0.3 is 6.01 Å². The third-order valence-electron chi connectivity index (χ3n) is 4.80. The van der Waals surface area contributed by atoms with Crippen molar-refractivity contribution in [2.75, 3.05) is 5.32 Å². The minimum Gasteiger partial charge on any atom is -0.403 e. The maximum absolute atomic E-state index is 12.9. The number of anilines is 1. The molecule has 0 bridgehead atoms. The van der Waals surface area contributed by atoms with Crippen molar-refractivity contribution in [1.82, 2.24) is 15.2 Å². The molecule has 0 saturated carbocycles. The number of carbonyl (C=O) groups is 1. The molecule has 2 aromatic carbocycles. The number of benzene rings is 2. The van der Waals surface area contributed by atoms with E-state index in [1.54, 1.807) is 6.20 Å². The first-order valence-electron chi connectivity index (χ1n) is 9.53. The van der Waals surface area contributed by atoms with Crippen molar-refractivity contribution in [3.8, 4) is 11.5 Å². The number of hydrogen-bond acceptors (Lipinski definition) is 7. The molecule has 0 amide bonds. The van der Waals surface area contributed by atoms with E-state index in [-0.39, 0.29) is 18.2 Å². The number of nitrogens with one attached hydrogen (secondary N) is 1. The second-order valence-electron chi connectivity index (χ2n) is 6.82. The van der Waals surface area contributed by atoms with E-state index in [0.717, 1.165) is 16.7 Å². The lowest BCUT2D eigenvalue weighted by Gasteiger charge is -2.11. The molecule has 1 N–H and O–H groups in total. The van der Waals surface area contributed by atoms with Crippen LogP contribution in [0.4, 0.5) is 6.01 Å². The molecule has 4 aromatic rings. The lowest BCUT2D eigenvalue weighted by Crippen LogP contribution is -2.29. The maximum atomic E-state index is 12.9. The Labute approximate surface area is 172 Å². The van der Waals surface area contributed by atoms with Gasteiger partial charge in [-0.3, -0.25) is 9.78 Å². The van der Waals surface area contributed by atoms with Gasteiger partial charge in [-0.25, -0.2) is 4.99 Å². The molecule has 30 heavy (non-hydrogen) atoms. The summed E-state index contributed by atoms with van der Waals surface area (Å²) in [6, 6.07) is 23.0. The summed E-state index contributed by atoms with van der Waals surface area (Å²) in [5.74, 6) is 0.269. The predicted octanol–water partition coefficient (Wildman–Crippen LogP) is 3.53. The van der Waals surface area contributed by atoms with Crippen molar-refractivity contribution in [3.63, 3.8) is 0 Å². The number of aliphatic imine (C=N–C) groups is 1. The van der Waals surface area contributed by atoms with E-state index in [1.807, 2.05) is 72.8 Å². The zero-order valence-electron chi connectivity index (χ0n) is 15.9. The Bertz CT molecular complexity index is 1220. The molecule has 3 heterocycles. The molecule has 1 aliphatic rings. The van der Waals surface area contributed by atoms with Crippen LogP contribution < -0.4 is 5.32 Å². The van der Waals surface area contributed by atoms with Gasteiger partial charge in [0.25, 0.3) is 0 Å². The number of pyridine rings is 1. The number of rotatable bonds is 4. The molecule has 7 nitrogen and oxygen atoms in total. The van der Waals surface area contributed by atoms with Crippen LogP contribution in [0.2, 0.25) is 0 Å². The Morgan fingerprint density at radius 1 is 0.867 bits per heavy atom. The first-order chi connectivity index (χ1) is 14.8. The topological polar surface area (TPSA) is 93.3 Å². The van der Waals surface area contributed by atoms with Crippen LogP contribution in [0.25, 0.3) is 11.5 Å². The average molecular weight is 395 g/mol. The molecule has 0 saturated heterocycles. The molecular formula is C23H17N5O2. The molecule has 1 atom stereocenters. The van der Waals surface area contributed by atoms with Crippen LogP contribution in [0.3, 0.4) is 0 Å². The molecule has 0 radical (unpaired) electrons. The lowest BCUT2D eigenvalue weighted by molar-refractivity contribution is -0.119. The van der Waals surface area contributed by atoms with Crippen LogP contribution in [0, 0.1) is 0 Å². The van der Waals surface area contributed by atoms with Gasteiger partial charge < -0.3 is 9.73 Å². The molecule has 0 aliphatic carbocycles. The van der Waals surface area contributed by atoms with Crippen LogP contribution in [-0.2, 0) is 11.2 Å². The highest BCUT2D eigenvalue weighted by Gasteiger charge is 2.28. The van der Waals surface area contributed by atoms with E-state index in [0.29, 0.717) is 17.3 Å². The van der Waals surface area contributed by atoms with Gasteiger partial charge in [0.2, 0.25) is 5.89 Å². The largest absolute Gasteiger partial charge is 0.403 e. The monoisotopic (exact) mass is 395 g/mol. The highest BCUT2D eigenvalue weighted by atomic mass is 16.4. The molecule has 7 heteroatoms. The van der Waals surface area contributed by atoms with Crippen molar-refractivity contribution in [3.05, 3.63) is 95.8 Å². The minimum absolute atomic E-state index is 0.102. The third kappa shape index (κ3) is 3.48. The van der Waals surface area contributed by atoms with E-state index in [4.69, 9.17) is 9.41 Å². The fourth-order valence-corrected chi connectivity index (χ4v) is 3.36. The van der Waals surface area contributed by atoms with E-state index >= 15 is 0 Å². The average Bonchev–Trinajstić information content (AvgIpc) is 3.21. The number of hydrogen-bond donors (Lipinski definition) is 1. The van der Waals surface area contributed by atoms with Crippen LogP contribution in [0.1, 0.15) is 16.8 Å². The van der Waals surface area contributed by atoms with Crippen molar-refractivity contribution >= 4 is 17.5 Å². The summed E-state index contributed by atoms with van der Waals surface area (Å²) in [5.41, 5.74) is 3.88. The summed E-state index contributed by atoms with van der Waals surface area (Å²) in [5, 5.41) is 11.1. The standard InChI is InChI=1S/C23H17N5O2/c29-18-14-17-12-7-13-24-19(17)20(15-8-3-1-4-9-15)25-21(18)26-23-28-27-22(30-23)16-10-5-2-6-11-16/h1-13,21H,14H2,(H,26,28). The normalized spacial score (nSPS) is 15.8. The minimum atomic E-state index is -0.863. The Balaban J connectivity index is 1.51. The quantitative estimate of drug-likeness (QED) is 0.568. The summed E-state index contributed by atoms with van der Waals surface area (Å²) in [6.45, 7) is 0. The van der Waals surface area contributed by atoms with Gasteiger partial charge in [0, 0.05) is 23.7 Å². The number of carbonyl (C=O) groups excluding carboxylic acids is 1. The van der Waals surface area contributed by atoms with Gasteiger partial charge in [-0.05, 0) is 23.8 Å². The van der Waals surface area contributed by atoms with Gasteiger partial charge in [0.1, 0.15) is 0 Å². The summed E-state index contributed by atoms with van der Waals surface area (Å²) in [6.07, 6.45) is 1.05. The molecule has 1 unspecified atom stereocenters. The van der Waals surface area contributed by atoms with E-state index < -0.39 is 6.17 Å². The molecule has 0 spiro atoms. The number of fused-ring (bicyclic) bond motifs is 1. The predicted molar refractivity (Wildman–Crippen MR) is 112 cm³/mol. The maximum Gasteiger partial charge on any atom is 0.317 e. The molecule has 5 rings (SSSR count). The van der Waals surface area contributed by atoms with Gasteiger partial charge in [0.05, 0.1) is 11.4 Å². The Hall–Kier alpha value is -4.13. The van der Waals surface area contributed by atoms with Crippen molar-refractivity contribution in [2.45, 2.75) is 12.6 Å². The molecule has 146 valence electrons. The molecular weight excluding hydrogens is 378 g/mol. The highest BCUT2D eigenvalue weighted by molar-refractivity contribution is 6.15. The number of nitrogens with zero attached hydrogens (tertiary/aromatic N) is 4. The van der Waals surface area contributed by atoms with Crippen LogP contribution in [0.5, 0.6) is 0 Å². The Kier molecular flexibility index (Phi) is 4.61. The van der Waals surface area contributed by atoms with Crippen molar-refractivity contribution in [2.24, 2.45) is 4.99 Å². The summed E-state index contributed by atoms with van der Waals surface area (Å²) >= 11 is 0. The van der Waals surface area contributed by atoms with Crippen molar-refractivity contribution in [1.29, 1.82) is 0 Å². The number of aromatic nitrogens is 3. The first kappa shape index (κ1) is 17.9. The fourth-order valence-electron chi connectivity index (χ4n) is 3.36. The van der Waals surface area contributed by atoms with E-state index in [1.165, 1.54) is 0 Å². The lowest BCUT2D eigenvalue weighted by atomic mass is 10.0. The molecule has 1 aliphatic heterocycles. The van der Waals surface area contributed by atoms with Gasteiger partial charge in [-0.15, -0.1) is 5.10 Å². The fraction of sp³-hybridized carbons (Fsp3) is 0.0870. The second-order valence-corrected chi connectivity index (χ2v) is 6.82. The van der Waals surface area contributed by atoms with Gasteiger partial charge in [0.15, 0.2) is 11.9 Å². The van der Waals surface area contributed by atoms with Gasteiger partial charge in [-0.2, -0.15) is 0 Å². The van der Waals surface area contributed by atoms with Crippen molar-refractivity contribution < 1.29 is 9.21 Å². The first-order valence-corrected chi connectivity index (χ1v) is 9.53. The second kappa shape index (κ2) is 7.71. The number of ketones is 1. The number of Topliss-reactive ketones (excluding diaryl/α,β-unsaturated/α-hetero) is 1. The third-order valence-corrected chi connectivity index (χ3v) is 4.80. The SMILES string of the molecule is O=C1Cc2cccnc2C(c2ccccc2)=NC1Nc1nnc(-c2ccccc2)o1. The zero-order valence-corrected chi connectivity index (χ0v) is 15.9. The molecule has 0 fully saturated rings. The van der Waals surface area contributed by atoms with Gasteiger partial charge in [-0.1, -0.05) is 59.7 Å². The van der Waals surface area contributed by atoms with E-state index in [2.05, 4.69) is 20.5 Å². The zero-order chi connectivity index (χ0) is 20.3. The molecule has 2 aromatic heterocycles. The Morgan fingerprint density at radius 2 is 1.60 bits per heavy atom.